The number of ether oxygens (including phenoxy) is 8. The molecular formula is C35H44O20. The molecule has 3 aliphatic rings. The number of benzene rings is 2. The van der Waals surface area contributed by atoms with E-state index in [0.717, 1.165) is 6.07 Å². The van der Waals surface area contributed by atoms with Crippen molar-refractivity contribution in [1.29, 1.82) is 0 Å². The second-order valence-electron chi connectivity index (χ2n) is 13.4. The molecule has 0 spiro atoms. The molecule has 4 heterocycles. The van der Waals surface area contributed by atoms with E-state index in [9.17, 15) is 55.9 Å². The monoisotopic (exact) mass is 784 g/mol. The summed E-state index contributed by atoms with van der Waals surface area (Å²) in [4.78, 5) is 13.4. The summed E-state index contributed by atoms with van der Waals surface area (Å²) in [5.74, 6) is -1.63. The Morgan fingerprint density at radius 3 is 1.95 bits per heavy atom. The van der Waals surface area contributed by atoms with Crippen molar-refractivity contribution >= 4 is 11.0 Å². The predicted molar refractivity (Wildman–Crippen MR) is 181 cm³/mol. The predicted octanol–water partition coefficient (Wildman–Crippen LogP) is -2.23. The molecule has 0 amide bonds. The van der Waals surface area contributed by atoms with Crippen molar-refractivity contribution in [3.8, 4) is 40.1 Å². The first-order chi connectivity index (χ1) is 26.1. The van der Waals surface area contributed by atoms with E-state index in [2.05, 4.69) is 0 Å². The van der Waals surface area contributed by atoms with Gasteiger partial charge in [0.15, 0.2) is 35.9 Å². The summed E-state index contributed by atoms with van der Waals surface area (Å²) in [6, 6.07) is 6.31. The van der Waals surface area contributed by atoms with Crippen molar-refractivity contribution in [2.45, 2.75) is 106 Å². The Morgan fingerprint density at radius 2 is 1.31 bits per heavy atom. The fraction of sp³-hybridized carbons (Fsp3) is 0.571. The molecule has 3 aromatic rings. The van der Waals surface area contributed by atoms with Crippen LogP contribution in [0.3, 0.4) is 0 Å². The molecule has 10 N–H and O–H groups in total. The van der Waals surface area contributed by atoms with Gasteiger partial charge in [-0.2, -0.15) is 0 Å². The Bertz CT molecular complexity index is 1870. The number of methoxy groups -OCH3 is 2. The summed E-state index contributed by atoms with van der Waals surface area (Å²) in [6.45, 7) is 2.20. The van der Waals surface area contributed by atoms with Gasteiger partial charge in [0.25, 0.3) is 0 Å². The number of rotatable bonds is 10. The molecule has 20 heteroatoms. The number of hydrogen-bond donors (Lipinski definition) is 10. The maximum Gasteiger partial charge on any atom is 0.239 e. The topological polar surface area (TPSA) is 306 Å². The molecule has 15 atom stereocenters. The maximum absolute atomic E-state index is 13.4. The van der Waals surface area contributed by atoms with Crippen LogP contribution in [0.2, 0.25) is 0 Å². The number of aliphatic hydroxyl groups excluding tert-OH is 8. The quantitative estimate of drug-likeness (QED) is 0.104. The number of phenols is 2. The number of aliphatic hydroxyl groups is 8. The van der Waals surface area contributed by atoms with E-state index in [1.807, 2.05) is 0 Å². The molecule has 3 fully saturated rings. The SMILES string of the molecule is COc1cc(O)c2c(=O)c(OC)c(-c3ccc(O)c(OC4OC(COC5OC(C)C(O)C(O)C5O)C(O)C(O)C4OC4OC(C)C(O)C(O)C4O)c3)oc2c1. The highest BCUT2D eigenvalue weighted by Crippen LogP contribution is 2.40. The molecular weight excluding hydrogens is 740 g/mol. The van der Waals surface area contributed by atoms with E-state index in [1.54, 1.807) is 0 Å². The largest absolute Gasteiger partial charge is 0.507 e. The summed E-state index contributed by atoms with van der Waals surface area (Å²) in [5.41, 5.74) is -0.724. The van der Waals surface area contributed by atoms with Crippen molar-refractivity contribution in [2.75, 3.05) is 20.8 Å². The van der Waals surface area contributed by atoms with Crippen LogP contribution in [0.4, 0.5) is 0 Å². The van der Waals surface area contributed by atoms with Gasteiger partial charge in [0.1, 0.15) is 77.4 Å². The Morgan fingerprint density at radius 1 is 0.673 bits per heavy atom. The van der Waals surface area contributed by atoms with E-state index in [4.69, 9.17) is 42.3 Å². The van der Waals surface area contributed by atoms with Crippen molar-refractivity contribution in [1.82, 2.24) is 0 Å². The van der Waals surface area contributed by atoms with Crippen LogP contribution in [0, 0.1) is 0 Å². The summed E-state index contributed by atoms with van der Waals surface area (Å²) >= 11 is 0. The molecule has 15 unspecified atom stereocenters. The molecule has 6 rings (SSSR count). The first kappa shape index (κ1) is 40.8. The van der Waals surface area contributed by atoms with Gasteiger partial charge in [-0.25, -0.2) is 0 Å². The maximum atomic E-state index is 13.4. The summed E-state index contributed by atoms with van der Waals surface area (Å²) in [7, 11) is 2.55. The van der Waals surface area contributed by atoms with Crippen LogP contribution in [0.15, 0.2) is 39.5 Å². The minimum atomic E-state index is -1.93. The van der Waals surface area contributed by atoms with E-state index >= 15 is 0 Å². The number of aromatic hydroxyl groups is 2. The van der Waals surface area contributed by atoms with Gasteiger partial charge in [0.05, 0.1) is 33.0 Å². The lowest BCUT2D eigenvalue weighted by Gasteiger charge is -2.46. The second-order valence-corrected chi connectivity index (χ2v) is 13.4. The number of hydrogen-bond acceptors (Lipinski definition) is 20. The van der Waals surface area contributed by atoms with Crippen LogP contribution in [-0.2, 0) is 23.7 Å². The Labute approximate surface area is 311 Å². The molecule has 0 aliphatic carbocycles. The van der Waals surface area contributed by atoms with Crippen molar-refractivity contribution in [2.24, 2.45) is 0 Å². The molecule has 2 aromatic carbocycles. The molecule has 20 nitrogen and oxygen atoms in total. The molecule has 3 aliphatic heterocycles. The molecule has 304 valence electrons. The van der Waals surface area contributed by atoms with E-state index < -0.39 is 116 Å². The lowest BCUT2D eigenvalue weighted by Crippen LogP contribution is -2.65. The van der Waals surface area contributed by atoms with E-state index in [0.29, 0.717) is 0 Å². The average molecular weight is 785 g/mol. The minimum absolute atomic E-state index is 0.0757. The number of phenolic OH excluding ortho intramolecular Hbond substituents is 2. The van der Waals surface area contributed by atoms with Gasteiger partial charge >= 0.3 is 0 Å². The fourth-order valence-corrected chi connectivity index (χ4v) is 6.53. The second kappa shape index (κ2) is 16.3. The van der Waals surface area contributed by atoms with Gasteiger partial charge in [0, 0.05) is 17.7 Å². The zero-order chi connectivity index (χ0) is 40.0. The highest BCUT2D eigenvalue weighted by molar-refractivity contribution is 5.88. The Kier molecular flexibility index (Phi) is 12.1. The third-order valence-electron chi connectivity index (χ3n) is 9.79. The van der Waals surface area contributed by atoms with Crippen molar-refractivity contribution in [3.05, 3.63) is 40.6 Å². The number of fused-ring (bicyclic) bond motifs is 1. The zero-order valence-corrected chi connectivity index (χ0v) is 29.8. The van der Waals surface area contributed by atoms with Crippen LogP contribution in [0.25, 0.3) is 22.3 Å². The first-order valence-electron chi connectivity index (χ1n) is 17.2. The molecule has 1 aromatic heterocycles. The van der Waals surface area contributed by atoms with Crippen LogP contribution in [0.5, 0.6) is 28.7 Å². The molecule has 3 saturated heterocycles. The average Bonchev–Trinajstić information content (AvgIpc) is 3.16. The standard InChI is InChI=1S/C35H44O20/c1-11-21(38)25(42)28(45)33(50-11)49-10-19-23(40)27(44)32(55-34-29(46)26(43)22(39)12(2)51-34)35(54-19)53-17-7-13(5-6-15(17)36)30-31(48-4)24(41)20-16(37)8-14(47-3)9-18(20)52-30/h5-9,11-12,19,21-23,25-29,32-40,42-46H,10H2,1-4H3. The van der Waals surface area contributed by atoms with Gasteiger partial charge in [-0.15, -0.1) is 0 Å². The van der Waals surface area contributed by atoms with Gasteiger partial charge < -0.3 is 93.4 Å². The highest BCUT2D eigenvalue weighted by Gasteiger charge is 2.52. The van der Waals surface area contributed by atoms with Crippen molar-refractivity contribution < 1.29 is 93.4 Å². The Balaban J connectivity index is 1.34. The summed E-state index contributed by atoms with van der Waals surface area (Å²) in [6.07, 6.45) is -24.0. The highest BCUT2D eigenvalue weighted by atomic mass is 16.8. The lowest BCUT2D eigenvalue weighted by atomic mass is 9.97. The van der Waals surface area contributed by atoms with E-state index in [-0.39, 0.29) is 39.5 Å². The minimum Gasteiger partial charge on any atom is -0.507 e. The molecule has 0 radical (unpaired) electrons. The lowest BCUT2D eigenvalue weighted by molar-refractivity contribution is -0.360. The van der Waals surface area contributed by atoms with Gasteiger partial charge in [-0.05, 0) is 32.0 Å². The van der Waals surface area contributed by atoms with Crippen LogP contribution in [0.1, 0.15) is 13.8 Å². The smallest absolute Gasteiger partial charge is 0.239 e. The van der Waals surface area contributed by atoms with Crippen LogP contribution in [-0.4, -0.2) is 164 Å². The Hall–Kier alpha value is -3.87. The molecule has 55 heavy (non-hydrogen) atoms. The van der Waals surface area contributed by atoms with Gasteiger partial charge in [-0.3, -0.25) is 4.79 Å². The fourth-order valence-electron chi connectivity index (χ4n) is 6.53. The third kappa shape index (κ3) is 7.79. The van der Waals surface area contributed by atoms with Gasteiger partial charge in [0.2, 0.25) is 17.5 Å². The third-order valence-corrected chi connectivity index (χ3v) is 9.79. The summed E-state index contributed by atoms with van der Waals surface area (Å²) in [5, 5.41) is 106. The zero-order valence-electron chi connectivity index (χ0n) is 29.8. The normalized spacial score (nSPS) is 36.8. The van der Waals surface area contributed by atoms with E-state index in [1.165, 1.54) is 52.3 Å². The first-order valence-corrected chi connectivity index (χ1v) is 17.2. The molecule has 0 saturated carbocycles. The van der Waals surface area contributed by atoms with Crippen LogP contribution < -0.4 is 19.6 Å². The van der Waals surface area contributed by atoms with Gasteiger partial charge in [-0.1, -0.05) is 0 Å². The van der Waals surface area contributed by atoms with Crippen molar-refractivity contribution in [3.63, 3.8) is 0 Å². The molecule has 0 bridgehead atoms. The van der Waals surface area contributed by atoms with Crippen LogP contribution >= 0.6 is 0 Å². The summed E-state index contributed by atoms with van der Waals surface area (Å²) < 4.78 is 50.9.